The van der Waals surface area contributed by atoms with E-state index in [1.54, 1.807) is 0 Å². The third kappa shape index (κ3) is 3.76. The number of hydrogen-bond donors (Lipinski definition) is 3. The Bertz CT molecular complexity index is 420. The van der Waals surface area contributed by atoms with Gasteiger partial charge in [-0.05, 0) is 48.7 Å². The predicted octanol–water partition coefficient (Wildman–Crippen LogP) is 0.946. The summed E-state index contributed by atoms with van der Waals surface area (Å²) in [5, 5.41) is 11.0. The lowest BCUT2D eigenvalue weighted by Crippen LogP contribution is -2.36. The third-order valence-corrected chi connectivity index (χ3v) is 4.57. The SMILES string of the molecule is NNC(=O)c1sccc1CN1CCCC(CCO)C1. The van der Waals surface area contributed by atoms with Gasteiger partial charge in [0, 0.05) is 19.7 Å². The summed E-state index contributed by atoms with van der Waals surface area (Å²) < 4.78 is 0. The van der Waals surface area contributed by atoms with Crippen molar-refractivity contribution in [2.75, 3.05) is 19.7 Å². The number of rotatable bonds is 5. The molecule has 5 nitrogen and oxygen atoms in total. The Morgan fingerprint density at radius 1 is 1.63 bits per heavy atom. The lowest BCUT2D eigenvalue weighted by atomic mass is 9.95. The number of carbonyl (C=O) groups excluding carboxylic acids is 1. The number of aliphatic hydroxyl groups excluding tert-OH is 1. The molecule has 0 saturated carbocycles. The van der Waals surface area contributed by atoms with E-state index in [9.17, 15) is 4.79 Å². The highest BCUT2D eigenvalue weighted by molar-refractivity contribution is 7.12. The number of aliphatic hydroxyl groups is 1. The minimum atomic E-state index is -0.214. The molecular weight excluding hydrogens is 262 g/mol. The number of piperidine rings is 1. The Hall–Kier alpha value is -0.950. The lowest BCUT2D eigenvalue weighted by Gasteiger charge is -2.32. The maximum absolute atomic E-state index is 11.6. The zero-order chi connectivity index (χ0) is 13.7. The van der Waals surface area contributed by atoms with Crippen molar-refractivity contribution in [2.24, 2.45) is 11.8 Å². The van der Waals surface area contributed by atoms with Crippen molar-refractivity contribution in [2.45, 2.75) is 25.8 Å². The molecule has 4 N–H and O–H groups in total. The second-order valence-electron chi connectivity index (χ2n) is 5.00. The Morgan fingerprint density at radius 2 is 2.47 bits per heavy atom. The third-order valence-electron chi connectivity index (χ3n) is 3.62. The summed E-state index contributed by atoms with van der Waals surface area (Å²) in [5.74, 6) is 5.55. The van der Waals surface area contributed by atoms with Crippen LogP contribution in [-0.2, 0) is 6.54 Å². The van der Waals surface area contributed by atoms with Crippen LogP contribution < -0.4 is 11.3 Å². The molecule has 1 aliphatic rings. The van der Waals surface area contributed by atoms with Gasteiger partial charge in [-0.1, -0.05) is 0 Å². The molecule has 106 valence electrons. The molecule has 2 heterocycles. The minimum Gasteiger partial charge on any atom is -0.396 e. The van der Waals surface area contributed by atoms with Crippen molar-refractivity contribution in [1.29, 1.82) is 0 Å². The number of thiophene rings is 1. The average molecular weight is 283 g/mol. The Balaban J connectivity index is 1.97. The van der Waals surface area contributed by atoms with Crippen molar-refractivity contribution in [3.63, 3.8) is 0 Å². The summed E-state index contributed by atoms with van der Waals surface area (Å²) in [6, 6.07) is 1.99. The minimum absolute atomic E-state index is 0.214. The van der Waals surface area contributed by atoms with Gasteiger partial charge in [-0.3, -0.25) is 15.1 Å². The Morgan fingerprint density at radius 3 is 3.21 bits per heavy atom. The van der Waals surface area contributed by atoms with E-state index in [-0.39, 0.29) is 12.5 Å². The molecule has 19 heavy (non-hydrogen) atoms. The van der Waals surface area contributed by atoms with Gasteiger partial charge in [0.05, 0.1) is 4.88 Å². The zero-order valence-corrected chi connectivity index (χ0v) is 11.8. The molecule has 1 aromatic heterocycles. The van der Waals surface area contributed by atoms with Crippen LogP contribution in [0.3, 0.4) is 0 Å². The van der Waals surface area contributed by atoms with Crippen molar-refractivity contribution < 1.29 is 9.90 Å². The maximum atomic E-state index is 11.6. The number of hydrogen-bond acceptors (Lipinski definition) is 5. The number of nitrogens with zero attached hydrogens (tertiary/aromatic N) is 1. The molecule has 0 aliphatic carbocycles. The highest BCUT2D eigenvalue weighted by Gasteiger charge is 2.21. The molecule has 1 amide bonds. The van der Waals surface area contributed by atoms with Crippen molar-refractivity contribution >= 4 is 17.2 Å². The molecular formula is C13H21N3O2S. The fourth-order valence-corrected chi connectivity index (χ4v) is 3.50. The molecule has 1 unspecified atom stereocenters. The van der Waals surface area contributed by atoms with Gasteiger partial charge >= 0.3 is 0 Å². The summed E-state index contributed by atoms with van der Waals surface area (Å²) in [7, 11) is 0. The number of nitrogen functional groups attached to an aromatic ring is 1. The maximum Gasteiger partial charge on any atom is 0.275 e. The Labute approximate surface area is 117 Å². The van der Waals surface area contributed by atoms with Gasteiger partial charge in [0.25, 0.3) is 5.91 Å². The highest BCUT2D eigenvalue weighted by Crippen LogP contribution is 2.24. The number of nitrogens with one attached hydrogen (secondary N) is 1. The van der Waals surface area contributed by atoms with Crippen molar-refractivity contribution in [3.8, 4) is 0 Å². The number of hydrazine groups is 1. The number of amides is 1. The number of likely N-dealkylation sites (tertiary alicyclic amines) is 1. The highest BCUT2D eigenvalue weighted by atomic mass is 32.1. The van der Waals surface area contributed by atoms with Gasteiger partial charge in [-0.2, -0.15) is 0 Å². The average Bonchev–Trinajstić information content (AvgIpc) is 2.87. The van der Waals surface area contributed by atoms with Crippen molar-refractivity contribution in [3.05, 3.63) is 21.9 Å². The molecule has 1 fully saturated rings. The first-order valence-corrected chi connectivity index (χ1v) is 7.53. The number of nitrogens with two attached hydrogens (primary N) is 1. The summed E-state index contributed by atoms with van der Waals surface area (Å²) in [5.41, 5.74) is 3.23. The summed E-state index contributed by atoms with van der Waals surface area (Å²) in [4.78, 5) is 14.7. The van der Waals surface area contributed by atoms with Gasteiger partial charge in [0.1, 0.15) is 0 Å². The summed E-state index contributed by atoms with van der Waals surface area (Å²) in [6.07, 6.45) is 3.22. The molecule has 0 bridgehead atoms. The van der Waals surface area contributed by atoms with E-state index in [2.05, 4.69) is 10.3 Å². The summed E-state index contributed by atoms with van der Waals surface area (Å²) in [6.45, 7) is 3.10. The first-order valence-electron chi connectivity index (χ1n) is 6.65. The van der Waals surface area contributed by atoms with Crippen LogP contribution in [-0.4, -0.2) is 35.6 Å². The van der Waals surface area contributed by atoms with E-state index >= 15 is 0 Å². The van der Waals surface area contributed by atoms with Gasteiger partial charge in [0.15, 0.2) is 0 Å². The lowest BCUT2D eigenvalue weighted by molar-refractivity contribution is 0.0954. The molecule has 0 aromatic carbocycles. The standard InChI is InChI=1S/C13H21N3O2S/c14-15-13(18)12-11(4-7-19-12)9-16-5-1-2-10(8-16)3-6-17/h4,7,10,17H,1-3,5-6,8-9,14H2,(H,15,18). The molecule has 1 aromatic rings. The van der Waals surface area contributed by atoms with E-state index in [1.807, 2.05) is 11.4 Å². The van der Waals surface area contributed by atoms with Crippen LogP contribution in [0.5, 0.6) is 0 Å². The normalized spacial score (nSPS) is 20.4. The van der Waals surface area contributed by atoms with Crippen LogP contribution >= 0.6 is 11.3 Å². The van der Waals surface area contributed by atoms with Crippen molar-refractivity contribution in [1.82, 2.24) is 10.3 Å². The van der Waals surface area contributed by atoms with Crippen LogP contribution in [0, 0.1) is 5.92 Å². The molecule has 1 saturated heterocycles. The molecule has 1 aliphatic heterocycles. The van der Waals surface area contributed by atoms with Crippen LogP contribution in [0.15, 0.2) is 11.4 Å². The smallest absolute Gasteiger partial charge is 0.275 e. The van der Waals surface area contributed by atoms with Gasteiger partial charge < -0.3 is 5.11 Å². The molecule has 2 rings (SSSR count). The van der Waals surface area contributed by atoms with E-state index in [1.165, 1.54) is 17.8 Å². The first-order chi connectivity index (χ1) is 9.24. The molecule has 0 radical (unpaired) electrons. The van der Waals surface area contributed by atoms with Gasteiger partial charge in [-0.25, -0.2) is 5.84 Å². The molecule has 1 atom stereocenters. The fraction of sp³-hybridized carbons (Fsp3) is 0.615. The molecule has 0 spiro atoms. The van der Waals surface area contributed by atoms with E-state index in [4.69, 9.17) is 10.9 Å². The summed E-state index contributed by atoms with van der Waals surface area (Å²) >= 11 is 1.42. The van der Waals surface area contributed by atoms with E-state index < -0.39 is 0 Å². The predicted molar refractivity (Wildman–Crippen MR) is 75.7 cm³/mol. The first kappa shape index (κ1) is 14.5. The fourth-order valence-electron chi connectivity index (χ4n) is 2.68. The largest absolute Gasteiger partial charge is 0.396 e. The van der Waals surface area contributed by atoms with Crippen LogP contribution in [0.4, 0.5) is 0 Å². The molecule has 6 heteroatoms. The van der Waals surface area contributed by atoms with E-state index in [0.717, 1.165) is 38.0 Å². The quantitative estimate of drug-likeness (QED) is 0.427. The van der Waals surface area contributed by atoms with E-state index in [0.29, 0.717) is 10.8 Å². The van der Waals surface area contributed by atoms with Gasteiger partial charge in [-0.15, -0.1) is 11.3 Å². The van der Waals surface area contributed by atoms with Crippen LogP contribution in [0.25, 0.3) is 0 Å². The van der Waals surface area contributed by atoms with Gasteiger partial charge in [0.2, 0.25) is 0 Å². The van der Waals surface area contributed by atoms with Crippen LogP contribution in [0.2, 0.25) is 0 Å². The monoisotopic (exact) mass is 283 g/mol. The zero-order valence-electron chi connectivity index (χ0n) is 11.0. The Kier molecular flexibility index (Phi) is 5.33. The second-order valence-corrected chi connectivity index (χ2v) is 5.92. The topological polar surface area (TPSA) is 78.6 Å². The number of carbonyl (C=O) groups is 1. The second kappa shape index (κ2) is 7.00. The van der Waals surface area contributed by atoms with Crippen LogP contribution in [0.1, 0.15) is 34.5 Å².